The topological polar surface area (TPSA) is 237 Å². The summed E-state index contributed by atoms with van der Waals surface area (Å²) in [5.41, 5.74) is 0. The van der Waals surface area contributed by atoms with Crippen molar-refractivity contribution in [2.24, 2.45) is 5.92 Å². The van der Waals surface area contributed by atoms with Crippen LogP contribution in [-0.2, 0) is 65.4 Å². The van der Waals surface area contributed by atoms with Gasteiger partial charge < -0.3 is 33.8 Å². The van der Waals surface area contributed by atoms with E-state index < -0.39 is 97.5 Å². The molecule has 0 saturated carbocycles. The van der Waals surface area contributed by atoms with Crippen molar-refractivity contribution in [2.45, 2.75) is 464 Å². The van der Waals surface area contributed by atoms with Gasteiger partial charge >= 0.3 is 39.5 Å². The third-order valence-corrected chi connectivity index (χ3v) is 21.4. The fourth-order valence-electron chi connectivity index (χ4n) is 12.9. The van der Waals surface area contributed by atoms with Crippen molar-refractivity contribution in [3.05, 3.63) is 0 Å². The van der Waals surface area contributed by atoms with Gasteiger partial charge in [0.05, 0.1) is 26.4 Å². The van der Waals surface area contributed by atoms with Crippen molar-refractivity contribution in [3.63, 3.8) is 0 Å². The van der Waals surface area contributed by atoms with Gasteiger partial charge in [-0.1, -0.05) is 394 Å². The second-order valence-electron chi connectivity index (χ2n) is 30.3. The van der Waals surface area contributed by atoms with Gasteiger partial charge in [-0.15, -0.1) is 0 Å². The summed E-state index contributed by atoms with van der Waals surface area (Å²) in [6, 6.07) is 0. The highest BCUT2D eigenvalue weighted by Crippen LogP contribution is 2.45. The molecule has 0 fully saturated rings. The Hall–Kier alpha value is -1.94. The van der Waals surface area contributed by atoms with Crippen molar-refractivity contribution < 1.29 is 80.2 Å². The van der Waals surface area contributed by atoms with Crippen LogP contribution in [0.3, 0.4) is 0 Å². The zero-order valence-electron chi connectivity index (χ0n) is 66.8. The van der Waals surface area contributed by atoms with Crippen molar-refractivity contribution in [1.82, 2.24) is 0 Å². The predicted octanol–water partition coefficient (Wildman–Crippen LogP) is 25.2. The maximum atomic E-state index is 13.1. The number of esters is 4. The first-order chi connectivity index (χ1) is 49.5. The summed E-state index contributed by atoms with van der Waals surface area (Å²) < 4.78 is 68.6. The zero-order valence-corrected chi connectivity index (χ0v) is 68.5. The van der Waals surface area contributed by atoms with Gasteiger partial charge in [0.25, 0.3) is 0 Å². The molecule has 606 valence electrons. The molecule has 102 heavy (non-hydrogen) atoms. The second-order valence-corrected chi connectivity index (χ2v) is 33.3. The molecule has 0 aliphatic carbocycles. The molecule has 0 aliphatic rings. The Kier molecular flexibility index (Phi) is 74.4. The van der Waals surface area contributed by atoms with Crippen molar-refractivity contribution in [3.8, 4) is 0 Å². The molecule has 3 N–H and O–H groups in total. The Morgan fingerprint density at radius 2 is 0.451 bits per heavy atom. The molecule has 0 amide bonds. The van der Waals surface area contributed by atoms with Crippen LogP contribution in [0, 0.1) is 5.92 Å². The quantitative estimate of drug-likeness (QED) is 0.0222. The lowest BCUT2D eigenvalue weighted by Crippen LogP contribution is -2.30. The molecule has 0 aromatic heterocycles. The molecule has 0 rings (SSSR count). The molecule has 0 saturated heterocycles. The van der Waals surface area contributed by atoms with Crippen molar-refractivity contribution in [2.75, 3.05) is 39.6 Å². The van der Waals surface area contributed by atoms with E-state index in [2.05, 4.69) is 34.6 Å². The van der Waals surface area contributed by atoms with Gasteiger partial charge in [-0.3, -0.25) is 37.3 Å². The first-order valence-electron chi connectivity index (χ1n) is 43.1. The minimum absolute atomic E-state index is 0.108. The zero-order chi connectivity index (χ0) is 74.8. The standard InChI is InChI=1S/C83H162O17P2/c1-6-9-12-15-17-19-21-23-25-27-29-31-36-40-44-48-52-57-62-67-81(86)94-73-79(100-83(88)69-64-59-54-50-46-42-38-34-33-35-39-43-47-51-56-60-65-76(4)5)75-98-102(91,92)96-71-77(84)70-95-101(89,90)97-74-78(72-93-80(85)66-61-55-14-11-8-3)99-82(87)68-63-58-53-49-45-41-37-32-30-28-26-24-22-20-18-16-13-10-7-2/h76-79,84H,6-75H2,1-5H3,(H,89,90)(H,91,92)/t77-,78+,79+/m0/s1. The highest BCUT2D eigenvalue weighted by molar-refractivity contribution is 7.47. The summed E-state index contributed by atoms with van der Waals surface area (Å²) >= 11 is 0. The molecule has 0 spiro atoms. The Balaban J connectivity index is 5.10. The Morgan fingerprint density at radius 3 is 0.667 bits per heavy atom. The smallest absolute Gasteiger partial charge is 0.462 e. The molecule has 0 heterocycles. The first kappa shape index (κ1) is 100. The number of phosphoric acid groups is 2. The fraction of sp³-hybridized carbons (Fsp3) is 0.952. The molecule has 0 aliphatic heterocycles. The number of unbranched alkanes of at least 4 members (excludes halogenated alkanes) is 55. The summed E-state index contributed by atoms with van der Waals surface area (Å²) in [5, 5.41) is 10.6. The number of hydrogen-bond donors (Lipinski definition) is 3. The van der Waals surface area contributed by atoms with E-state index >= 15 is 0 Å². The molecular formula is C83H162O17P2. The van der Waals surface area contributed by atoms with E-state index in [4.69, 9.17) is 37.0 Å². The van der Waals surface area contributed by atoms with Crippen LogP contribution in [0.5, 0.6) is 0 Å². The normalized spacial score (nSPS) is 13.8. The fourth-order valence-corrected chi connectivity index (χ4v) is 14.5. The minimum Gasteiger partial charge on any atom is -0.462 e. The summed E-state index contributed by atoms with van der Waals surface area (Å²) in [5.74, 6) is -1.31. The van der Waals surface area contributed by atoms with Crippen LogP contribution in [0.1, 0.15) is 446 Å². The Morgan fingerprint density at radius 1 is 0.265 bits per heavy atom. The van der Waals surface area contributed by atoms with E-state index in [1.807, 2.05) is 0 Å². The van der Waals surface area contributed by atoms with Crippen molar-refractivity contribution in [1.29, 1.82) is 0 Å². The average Bonchev–Trinajstić information content (AvgIpc) is 0.924. The third-order valence-electron chi connectivity index (χ3n) is 19.5. The van der Waals surface area contributed by atoms with Crippen molar-refractivity contribution >= 4 is 39.5 Å². The number of hydrogen-bond acceptors (Lipinski definition) is 15. The molecule has 0 bridgehead atoms. The van der Waals surface area contributed by atoms with E-state index in [0.717, 1.165) is 102 Å². The molecule has 17 nitrogen and oxygen atoms in total. The average molecular weight is 1490 g/mol. The first-order valence-corrected chi connectivity index (χ1v) is 46.1. The number of carbonyl (C=O) groups excluding carboxylic acids is 4. The van der Waals surface area contributed by atoms with E-state index in [1.54, 1.807) is 0 Å². The number of phosphoric ester groups is 2. The molecule has 0 aromatic carbocycles. The van der Waals surface area contributed by atoms with E-state index in [9.17, 15) is 43.2 Å². The van der Waals surface area contributed by atoms with E-state index in [-0.39, 0.29) is 25.7 Å². The lowest BCUT2D eigenvalue weighted by molar-refractivity contribution is -0.161. The molecule has 2 unspecified atom stereocenters. The number of aliphatic hydroxyl groups excluding tert-OH is 1. The third kappa shape index (κ3) is 76.3. The maximum Gasteiger partial charge on any atom is 0.472 e. The van der Waals surface area contributed by atoms with Crippen LogP contribution in [0.15, 0.2) is 0 Å². The number of rotatable bonds is 83. The lowest BCUT2D eigenvalue weighted by atomic mass is 10.0. The van der Waals surface area contributed by atoms with Crippen LogP contribution >= 0.6 is 15.6 Å². The summed E-state index contributed by atoms with van der Waals surface area (Å²) in [6.45, 7) is 7.29. The highest BCUT2D eigenvalue weighted by atomic mass is 31.2. The summed E-state index contributed by atoms with van der Waals surface area (Å²) in [4.78, 5) is 72.8. The van der Waals surface area contributed by atoms with Gasteiger partial charge in [0.2, 0.25) is 0 Å². The second kappa shape index (κ2) is 75.9. The Bertz CT molecular complexity index is 1940. The predicted molar refractivity (Wildman–Crippen MR) is 418 cm³/mol. The lowest BCUT2D eigenvalue weighted by Gasteiger charge is -2.21. The summed E-state index contributed by atoms with van der Waals surface area (Å²) in [7, 11) is -9.91. The van der Waals surface area contributed by atoms with Gasteiger partial charge in [-0.2, -0.15) is 0 Å². The van der Waals surface area contributed by atoms with Gasteiger partial charge in [0.15, 0.2) is 12.2 Å². The number of aliphatic hydroxyl groups is 1. The van der Waals surface area contributed by atoms with Crippen LogP contribution in [0.2, 0.25) is 0 Å². The van der Waals surface area contributed by atoms with Crippen LogP contribution in [0.25, 0.3) is 0 Å². The molecule has 0 aromatic rings. The molecule has 5 atom stereocenters. The maximum absolute atomic E-state index is 13.1. The minimum atomic E-state index is -4.96. The van der Waals surface area contributed by atoms with Gasteiger partial charge in [0, 0.05) is 25.7 Å². The summed E-state index contributed by atoms with van der Waals surface area (Å²) in [6.07, 6.45) is 68.6. The van der Waals surface area contributed by atoms with E-state index in [0.29, 0.717) is 25.7 Å². The van der Waals surface area contributed by atoms with Gasteiger partial charge in [-0.05, 0) is 31.6 Å². The Labute approximate surface area is 626 Å². The SMILES string of the molecule is CCCCCCCCCCCCCCCCCCCCCC(=O)OC[C@H](COP(=O)(O)OC[C@@H](O)COP(=O)(O)OC[C@@H](COC(=O)CCCCCCC)OC(=O)CCCCCCCCCCCCCCCCCCCCC)OC(=O)CCCCCCCCCCCCCCCCCCC(C)C. The molecular weight excluding hydrogens is 1330 g/mol. The van der Waals surface area contributed by atoms with E-state index in [1.165, 1.54) is 263 Å². The number of carbonyl (C=O) groups is 4. The molecule has 0 radical (unpaired) electrons. The number of ether oxygens (including phenoxy) is 4. The van der Waals surface area contributed by atoms with Gasteiger partial charge in [0.1, 0.15) is 19.3 Å². The van der Waals surface area contributed by atoms with Crippen LogP contribution in [0.4, 0.5) is 0 Å². The van der Waals surface area contributed by atoms with Crippen LogP contribution in [-0.4, -0.2) is 96.7 Å². The van der Waals surface area contributed by atoms with Crippen LogP contribution < -0.4 is 0 Å². The monoisotopic (exact) mass is 1490 g/mol. The largest absolute Gasteiger partial charge is 0.472 e. The van der Waals surface area contributed by atoms with Gasteiger partial charge in [-0.25, -0.2) is 9.13 Å². The molecule has 19 heteroatoms. The highest BCUT2D eigenvalue weighted by Gasteiger charge is 2.30.